The van der Waals surface area contributed by atoms with Crippen molar-refractivity contribution < 1.29 is 9.90 Å². The second kappa shape index (κ2) is 8.64. The number of anilines is 1. The number of aliphatic hydroxyl groups excluding tert-OH is 1. The number of pyridine rings is 2. The lowest BCUT2D eigenvalue weighted by Crippen LogP contribution is -2.30. The molecule has 4 heterocycles. The van der Waals surface area contributed by atoms with E-state index in [0.717, 1.165) is 31.6 Å². The van der Waals surface area contributed by atoms with E-state index in [1.807, 2.05) is 6.07 Å². The molecule has 30 heavy (non-hydrogen) atoms. The first-order chi connectivity index (χ1) is 14.6. The van der Waals surface area contributed by atoms with Crippen molar-refractivity contribution in [3.05, 3.63) is 47.3 Å². The summed E-state index contributed by atoms with van der Waals surface area (Å²) in [5, 5.41) is 23.8. The van der Waals surface area contributed by atoms with Gasteiger partial charge in [-0.3, -0.25) is 14.7 Å². The molecular weight excluding hydrogens is 384 g/mol. The Hall–Kier alpha value is -3.24. The first-order valence-electron chi connectivity index (χ1n) is 9.96. The van der Waals surface area contributed by atoms with Crippen LogP contribution < -0.4 is 5.32 Å². The average molecular weight is 408 g/mol. The molecule has 0 fully saturated rings. The molecule has 1 aliphatic rings. The molecule has 0 aromatic carbocycles. The molecule has 1 amide bonds. The second-order valence-corrected chi connectivity index (χ2v) is 7.30. The van der Waals surface area contributed by atoms with E-state index in [-0.39, 0.29) is 18.6 Å². The fourth-order valence-electron chi connectivity index (χ4n) is 3.44. The zero-order valence-electron chi connectivity index (χ0n) is 17.0. The third kappa shape index (κ3) is 4.05. The fraction of sp³-hybridized carbons (Fsp3) is 0.400. The highest BCUT2D eigenvalue weighted by atomic mass is 16.3. The molecule has 3 aromatic rings. The molecule has 10 nitrogen and oxygen atoms in total. The molecule has 2 N–H and O–H groups in total. The molecule has 0 radical (unpaired) electrons. The number of aromatic nitrogens is 6. The fourth-order valence-corrected chi connectivity index (χ4v) is 3.44. The number of nitrogens with one attached hydrogen (secondary N) is 1. The molecule has 0 aliphatic carbocycles. The molecule has 1 aliphatic heterocycles. The minimum Gasteiger partial charge on any atom is -0.394 e. The number of likely N-dealkylation sites (N-methyl/N-ethyl adjacent to an activating group) is 1. The van der Waals surface area contributed by atoms with Crippen LogP contribution in [0.1, 0.15) is 41.5 Å². The van der Waals surface area contributed by atoms with Crippen molar-refractivity contribution in [2.45, 2.75) is 32.9 Å². The number of carbonyl (C=O) groups is 1. The van der Waals surface area contributed by atoms with Crippen molar-refractivity contribution in [2.24, 2.45) is 0 Å². The summed E-state index contributed by atoms with van der Waals surface area (Å²) in [4.78, 5) is 23.9. The number of nitrogens with zero attached hydrogens (tertiary/aromatic N) is 7. The predicted octanol–water partition coefficient (Wildman–Crippen LogP) is 1.31. The summed E-state index contributed by atoms with van der Waals surface area (Å²) >= 11 is 0. The number of carbonyl (C=O) groups excluding carboxylic acids is 1. The summed E-state index contributed by atoms with van der Waals surface area (Å²) in [5.74, 6) is 0.469. The monoisotopic (exact) mass is 408 g/mol. The van der Waals surface area contributed by atoms with Crippen LogP contribution in [0.2, 0.25) is 0 Å². The van der Waals surface area contributed by atoms with E-state index in [1.165, 1.54) is 10.2 Å². The Morgan fingerprint density at radius 1 is 1.33 bits per heavy atom. The Labute approximate surface area is 174 Å². The van der Waals surface area contributed by atoms with Gasteiger partial charge in [0.2, 0.25) is 5.82 Å². The van der Waals surface area contributed by atoms with Crippen LogP contribution in [-0.4, -0.2) is 65.8 Å². The van der Waals surface area contributed by atoms with Crippen LogP contribution in [0.25, 0.3) is 11.5 Å². The minimum absolute atomic E-state index is 0.103. The number of amides is 1. The van der Waals surface area contributed by atoms with Crippen LogP contribution in [-0.2, 0) is 13.0 Å². The van der Waals surface area contributed by atoms with Crippen LogP contribution in [0.15, 0.2) is 30.5 Å². The summed E-state index contributed by atoms with van der Waals surface area (Å²) in [6.45, 7) is 6.65. The summed E-state index contributed by atoms with van der Waals surface area (Å²) in [5.41, 5.74) is 3.19. The lowest BCUT2D eigenvalue weighted by molar-refractivity contribution is 0.102. The molecule has 0 unspecified atom stereocenters. The lowest BCUT2D eigenvalue weighted by Gasteiger charge is -2.27. The second-order valence-electron chi connectivity index (χ2n) is 7.30. The molecule has 156 valence electrons. The van der Waals surface area contributed by atoms with Crippen molar-refractivity contribution in [3.63, 3.8) is 0 Å². The minimum atomic E-state index is -0.320. The first-order valence-corrected chi connectivity index (χ1v) is 9.96. The summed E-state index contributed by atoms with van der Waals surface area (Å²) in [7, 11) is 0. The van der Waals surface area contributed by atoms with Crippen molar-refractivity contribution in [3.8, 4) is 11.5 Å². The topological polar surface area (TPSA) is 122 Å². The molecule has 0 saturated carbocycles. The SMILES string of the molecule is CCN1CCc2cnc(C(=O)Nc3cccc(-c4nnnn4[C@H](C)CO)n3)cc2C1. The maximum atomic E-state index is 12.8. The highest BCUT2D eigenvalue weighted by Crippen LogP contribution is 2.21. The van der Waals surface area contributed by atoms with Gasteiger partial charge in [0.1, 0.15) is 17.2 Å². The standard InChI is InChI=1S/C20H24N8O2/c1-3-27-8-7-14-10-21-17(9-15(14)11-27)20(30)23-18-6-4-5-16(22-18)19-24-25-26-28(19)13(2)12-29/h4-6,9-10,13,29H,3,7-8,11-12H2,1-2H3,(H,22,23,30)/t13-/m1/s1. The Balaban J connectivity index is 1.54. The zero-order chi connectivity index (χ0) is 21.1. The van der Waals surface area contributed by atoms with E-state index >= 15 is 0 Å². The largest absolute Gasteiger partial charge is 0.394 e. The van der Waals surface area contributed by atoms with Gasteiger partial charge in [0.25, 0.3) is 5.91 Å². The van der Waals surface area contributed by atoms with Crippen molar-refractivity contribution in [1.29, 1.82) is 0 Å². The molecule has 3 aromatic heterocycles. The smallest absolute Gasteiger partial charge is 0.275 e. The molecule has 0 saturated heterocycles. The Morgan fingerprint density at radius 3 is 3.00 bits per heavy atom. The number of rotatable bonds is 6. The van der Waals surface area contributed by atoms with Gasteiger partial charge in [-0.1, -0.05) is 13.0 Å². The van der Waals surface area contributed by atoms with Gasteiger partial charge in [-0.05, 0) is 59.6 Å². The van der Waals surface area contributed by atoms with Crippen LogP contribution in [0.5, 0.6) is 0 Å². The Kier molecular flexibility index (Phi) is 5.77. The number of hydrogen-bond donors (Lipinski definition) is 2. The van der Waals surface area contributed by atoms with E-state index in [0.29, 0.717) is 23.0 Å². The van der Waals surface area contributed by atoms with Gasteiger partial charge >= 0.3 is 0 Å². The van der Waals surface area contributed by atoms with Crippen molar-refractivity contribution in [2.75, 3.05) is 25.0 Å². The van der Waals surface area contributed by atoms with Gasteiger partial charge in [-0.25, -0.2) is 9.67 Å². The van der Waals surface area contributed by atoms with E-state index in [9.17, 15) is 9.90 Å². The van der Waals surface area contributed by atoms with Gasteiger partial charge < -0.3 is 10.4 Å². The highest BCUT2D eigenvalue weighted by Gasteiger charge is 2.19. The first kappa shape index (κ1) is 20.0. The third-order valence-electron chi connectivity index (χ3n) is 5.25. The van der Waals surface area contributed by atoms with Gasteiger partial charge in [0.15, 0.2) is 0 Å². The summed E-state index contributed by atoms with van der Waals surface area (Å²) < 4.78 is 1.50. The zero-order valence-corrected chi connectivity index (χ0v) is 17.0. The summed E-state index contributed by atoms with van der Waals surface area (Å²) in [6.07, 6.45) is 2.74. The Morgan fingerprint density at radius 2 is 2.20 bits per heavy atom. The predicted molar refractivity (Wildman–Crippen MR) is 110 cm³/mol. The quantitative estimate of drug-likeness (QED) is 0.626. The lowest BCUT2D eigenvalue weighted by atomic mass is 10.0. The average Bonchev–Trinajstić information content (AvgIpc) is 3.28. The molecule has 10 heteroatoms. The van der Waals surface area contributed by atoms with E-state index in [2.05, 4.69) is 42.6 Å². The number of hydrogen-bond acceptors (Lipinski definition) is 8. The Bertz CT molecular complexity index is 1050. The molecule has 0 spiro atoms. The molecule has 4 rings (SSSR count). The van der Waals surface area contributed by atoms with Gasteiger partial charge in [0.05, 0.1) is 12.6 Å². The van der Waals surface area contributed by atoms with Gasteiger partial charge in [-0.2, -0.15) is 0 Å². The molecule has 1 atom stereocenters. The summed E-state index contributed by atoms with van der Waals surface area (Å²) in [6, 6.07) is 6.78. The molecular formula is C20H24N8O2. The highest BCUT2D eigenvalue weighted by molar-refractivity contribution is 6.02. The van der Waals surface area contributed by atoms with Crippen LogP contribution in [0, 0.1) is 0 Å². The maximum Gasteiger partial charge on any atom is 0.275 e. The van der Waals surface area contributed by atoms with Crippen LogP contribution >= 0.6 is 0 Å². The van der Waals surface area contributed by atoms with E-state index in [4.69, 9.17) is 0 Å². The van der Waals surface area contributed by atoms with E-state index in [1.54, 1.807) is 31.3 Å². The van der Waals surface area contributed by atoms with Gasteiger partial charge in [0, 0.05) is 19.3 Å². The molecule has 0 bridgehead atoms. The van der Waals surface area contributed by atoms with Crippen molar-refractivity contribution in [1.82, 2.24) is 35.1 Å². The maximum absolute atomic E-state index is 12.8. The van der Waals surface area contributed by atoms with E-state index < -0.39 is 0 Å². The number of fused-ring (bicyclic) bond motifs is 1. The number of aliphatic hydroxyl groups is 1. The van der Waals surface area contributed by atoms with Crippen LogP contribution in [0.4, 0.5) is 5.82 Å². The third-order valence-corrected chi connectivity index (χ3v) is 5.25. The van der Waals surface area contributed by atoms with Crippen LogP contribution in [0.3, 0.4) is 0 Å². The number of tetrazole rings is 1. The normalized spacial score (nSPS) is 14.9. The van der Waals surface area contributed by atoms with Gasteiger partial charge in [-0.15, -0.1) is 5.10 Å². The van der Waals surface area contributed by atoms with Crippen molar-refractivity contribution >= 4 is 11.7 Å².